The van der Waals surface area contributed by atoms with Crippen LogP contribution in [0.4, 0.5) is 0 Å². The Hall–Kier alpha value is -2.82. The molecule has 0 spiro atoms. The Kier molecular flexibility index (Phi) is 5.74. The largest absolute Gasteiger partial charge is 0.493 e. The molecule has 0 saturated carbocycles. The summed E-state index contributed by atoms with van der Waals surface area (Å²) in [6.45, 7) is 5.90. The third kappa shape index (κ3) is 4.32. The first kappa shape index (κ1) is 16.5. The van der Waals surface area contributed by atoms with Gasteiger partial charge >= 0.3 is 0 Å². The Morgan fingerprint density at radius 2 is 2.04 bits per heavy atom. The number of pyridine rings is 1. The summed E-state index contributed by atoms with van der Waals surface area (Å²) in [5.41, 5.74) is 1.50. The van der Waals surface area contributed by atoms with Crippen LogP contribution in [0, 0.1) is 0 Å². The molecule has 0 aliphatic rings. The Balaban J connectivity index is 2.11. The van der Waals surface area contributed by atoms with Crippen LogP contribution in [-0.4, -0.2) is 24.6 Å². The van der Waals surface area contributed by atoms with Gasteiger partial charge in [0.1, 0.15) is 6.61 Å². The molecule has 0 bridgehead atoms. The smallest absolute Gasteiger partial charge is 0.251 e. The molecule has 0 radical (unpaired) electrons. The van der Waals surface area contributed by atoms with E-state index in [4.69, 9.17) is 9.47 Å². The van der Waals surface area contributed by atoms with E-state index in [0.29, 0.717) is 23.7 Å². The lowest BCUT2D eigenvalue weighted by atomic mass is 10.1. The third-order valence-electron chi connectivity index (χ3n) is 3.34. The molecule has 1 atom stereocenters. The van der Waals surface area contributed by atoms with Crippen molar-refractivity contribution in [3.05, 3.63) is 66.5 Å². The van der Waals surface area contributed by atoms with E-state index in [1.54, 1.807) is 36.7 Å². The van der Waals surface area contributed by atoms with E-state index in [0.717, 1.165) is 5.56 Å². The molecule has 1 aromatic carbocycles. The molecule has 0 saturated heterocycles. The molecule has 5 heteroatoms. The van der Waals surface area contributed by atoms with Crippen LogP contribution in [0.5, 0.6) is 11.5 Å². The van der Waals surface area contributed by atoms with Crippen LogP contribution in [0.1, 0.15) is 28.9 Å². The first-order chi connectivity index (χ1) is 11.2. The number of aromatic nitrogens is 1. The number of carbonyl (C=O) groups is 1. The summed E-state index contributed by atoms with van der Waals surface area (Å²) in [6, 6.07) is 8.71. The van der Waals surface area contributed by atoms with Crippen molar-refractivity contribution in [2.75, 3.05) is 13.7 Å². The molecule has 1 aromatic heterocycles. The lowest BCUT2D eigenvalue weighted by Crippen LogP contribution is -2.26. The molecule has 23 heavy (non-hydrogen) atoms. The Morgan fingerprint density at radius 1 is 1.30 bits per heavy atom. The fraction of sp³-hybridized carbons (Fsp3) is 0.222. The molecule has 2 aromatic rings. The average molecular weight is 312 g/mol. The van der Waals surface area contributed by atoms with Crippen molar-refractivity contribution < 1.29 is 14.3 Å². The summed E-state index contributed by atoms with van der Waals surface area (Å²) in [7, 11) is 1.54. The van der Waals surface area contributed by atoms with E-state index in [9.17, 15) is 4.79 Å². The van der Waals surface area contributed by atoms with Crippen LogP contribution in [0.2, 0.25) is 0 Å². The summed E-state index contributed by atoms with van der Waals surface area (Å²) >= 11 is 0. The molecule has 2 rings (SSSR count). The molecule has 0 aliphatic carbocycles. The molecule has 1 amide bonds. The van der Waals surface area contributed by atoms with Crippen molar-refractivity contribution in [2.24, 2.45) is 0 Å². The van der Waals surface area contributed by atoms with Crippen LogP contribution in [-0.2, 0) is 0 Å². The van der Waals surface area contributed by atoms with Gasteiger partial charge in [-0.1, -0.05) is 12.7 Å². The zero-order chi connectivity index (χ0) is 16.7. The van der Waals surface area contributed by atoms with E-state index < -0.39 is 0 Å². The van der Waals surface area contributed by atoms with Gasteiger partial charge in [-0.2, -0.15) is 0 Å². The number of benzene rings is 1. The first-order valence-electron chi connectivity index (χ1n) is 7.28. The maximum atomic E-state index is 12.4. The summed E-state index contributed by atoms with van der Waals surface area (Å²) < 4.78 is 10.8. The Labute approximate surface area is 136 Å². The van der Waals surface area contributed by atoms with Gasteiger partial charge in [-0.3, -0.25) is 9.78 Å². The number of hydrogen-bond acceptors (Lipinski definition) is 4. The fourth-order valence-electron chi connectivity index (χ4n) is 2.09. The first-order valence-corrected chi connectivity index (χ1v) is 7.28. The molecular formula is C18H20N2O3. The minimum absolute atomic E-state index is 0.117. The van der Waals surface area contributed by atoms with Gasteiger partial charge in [0.25, 0.3) is 5.91 Å². The highest BCUT2D eigenvalue weighted by Crippen LogP contribution is 2.28. The predicted octanol–water partition coefficient (Wildman–Crippen LogP) is 3.15. The van der Waals surface area contributed by atoms with Crippen molar-refractivity contribution in [3.63, 3.8) is 0 Å². The number of carbonyl (C=O) groups excluding carboxylic acids is 1. The van der Waals surface area contributed by atoms with Gasteiger partial charge in [0, 0.05) is 18.0 Å². The quantitative estimate of drug-likeness (QED) is 0.798. The van der Waals surface area contributed by atoms with Crippen molar-refractivity contribution in [1.29, 1.82) is 0 Å². The molecule has 1 heterocycles. The highest BCUT2D eigenvalue weighted by atomic mass is 16.5. The Bertz CT molecular complexity index is 671. The number of nitrogens with zero attached hydrogens (tertiary/aromatic N) is 1. The van der Waals surface area contributed by atoms with Gasteiger partial charge in [0.15, 0.2) is 11.5 Å². The molecule has 5 nitrogen and oxygen atoms in total. The number of hydrogen-bond donors (Lipinski definition) is 1. The van der Waals surface area contributed by atoms with E-state index in [2.05, 4.69) is 16.9 Å². The predicted molar refractivity (Wildman–Crippen MR) is 88.8 cm³/mol. The normalized spacial score (nSPS) is 11.4. The van der Waals surface area contributed by atoms with E-state index in [-0.39, 0.29) is 11.9 Å². The second-order valence-electron chi connectivity index (χ2n) is 4.94. The summed E-state index contributed by atoms with van der Waals surface area (Å²) in [6.07, 6.45) is 5.05. The average Bonchev–Trinajstić information content (AvgIpc) is 2.60. The van der Waals surface area contributed by atoms with Gasteiger partial charge in [-0.25, -0.2) is 0 Å². The van der Waals surface area contributed by atoms with Crippen LogP contribution in [0.25, 0.3) is 0 Å². The van der Waals surface area contributed by atoms with Gasteiger partial charge in [0.05, 0.1) is 13.2 Å². The SMILES string of the molecule is C=CCOc1ccc(C(=O)NC(C)c2ccncc2)cc1OC. The summed E-state index contributed by atoms with van der Waals surface area (Å²) in [5.74, 6) is 0.907. The number of amides is 1. The van der Waals surface area contributed by atoms with Gasteiger partial charge < -0.3 is 14.8 Å². The maximum absolute atomic E-state index is 12.4. The highest BCUT2D eigenvalue weighted by Gasteiger charge is 2.14. The summed E-state index contributed by atoms with van der Waals surface area (Å²) in [5, 5.41) is 2.95. The lowest BCUT2D eigenvalue weighted by molar-refractivity contribution is 0.0939. The molecule has 0 fully saturated rings. The molecular weight excluding hydrogens is 292 g/mol. The number of nitrogens with one attached hydrogen (secondary N) is 1. The van der Waals surface area contributed by atoms with Crippen LogP contribution < -0.4 is 14.8 Å². The van der Waals surface area contributed by atoms with Crippen molar-refractivity contribution in [2.45, 2.75) is 13.0 Å². The minimum Gasteiger partial charge on any atom is -0.493 e. The Morgan fingerprint density at radius 3 is 2.70 bits per heavy atom. The zero-order valence-corrected chi connectivity index (χ0v) is 13.3. The van der Waals surface area contributed by atoms with Gasteiger partial charge in [-0.15, -0.1) is 0 Å². The second-order valence-corrected chi connectivity index (χ2v) is 4.94. The molecule has 1 unspecified atom stereocenters. The molecule has 120 valence electrons. The van der Waals surface area contributed by atoms with Crippen LogP contribution in [0.15, 0.2) is 55.4 Å². The van der Waals surface area contributed by atoms with Crippen molar-refractivity contribution in [1.82, 2.24) is 10.3 Å². The topological polar surface area (TPSA) is 60.5 Å². The standard InChI is InChI=1S/C18H20N2O3/c1-4-11-23-16-6-5-15(12-17(16)22-3)18(21)20-13(2)14-7-9-19-10-8-14/h4-10,12-13H,1,11H2,2-3H3,(H,20,21). The zero-order valence-electron chi connectivity index (χ0n) is 13.3. The minimum atomic E-state index is -0.178. The van der Waals surface area contributed by atoms with Crippen molar-refractivity contribution in [3.8, 4) is 11.5 Å². The van der Waals surface area contributed by atoms with Gasteiger partial charge in [-0.05, 0) is 42.8 Å². The van der Waals surface area contributed by atoms with Crippen molar-refractivity contribution >= 4 is 5.91 Å². The van der Waals surface area contributed by atoms with Gasteiger partial charge in [0.2, 0.25) is 0 Å². The molecule has 1 N–H and O–H groups in total. The highest BCUT2D eigenvalue weighted by molar-refractivity contribution is 5.95. The van der Waals surface area contributed by atoms with Crippen LogP contribution >= 0.6 is 0 Å². The van der Waals surface area contributed by atoms with E-state index >= 15 is 0 Å². The maximum Gasteiger partial charge on any atom is 0.251 e. The third-order valence-corrected chi connectivity index (χ3v) is 3.34. The van der Waals surface area contributed by atoms with E-state index in [1.165, 1.54) is 7.11 Å². The number of methoxy groups -OCH3 is 1. The second kappa shape index (κ2) is 7.98. The monoisotopic (exact) mass is 312 g/mol. The van der Waals surface area contributed by atoms with Crippen LogP contribution in [0.3, 0.4) is 0 Å². The fourth-order valence-corrected chi connectivity index (χ4v) is 2.09. The molecule has 0 aliphatic heterocycles. The van der Waals surface area contributed by atoms with E-state index in [1.807, 2.05) is 19.1 Å². The number of ether oxygens (including phenoxy) is 2. The summed E-state index contributed by atoms with van der Waals surface area (Å²) in [4.78, 5) is 16.4. The lowest BCUT2D eigenvalue weighted by Gasteiger charge is -2.15. The number of rotatable bonds is 7.